The maximum absolute atomic E-state index is 5.22. The minimum absolute atomic E-state index is 1.00. The molecule has 1 rings (SSSR count). The second kappa shape index (κ2) is 2.88. The van der Waals surface area contributed by atoms with Gasteiger partial charge in [-0.3, -0.25) is 0 Å². The van der Waals surface area contributed by atoms with Gasteiger partial charge in [0.15, 0.2) is 0 Å². The summed E-state index contributed by atoms with van der Waals surface area (Å²) in [5.41, 5.74) is 0. The van der Waals surface area contributed by atoms with Crippen molar-refractivity contribution in [3.05, 3.63) is 0 Å². The van der Waals surface area contributed by atoms with Gasteiger partial charge in [-0.2, -0.15) is 0 Å². The van der Waals surface area contributed by atoms with E-state index in [1.807, 2.05) is 0 Å². The summed E-state index contributed by atoms with van der Waals surface area (Å²) in [5.74, 6) is 0. The molecule has 0 unspecified atom stereocenters. The van der Waals surface area contributed by atoms with Crippen molar-refractivity contribution in [1.82, 2.24) is 0 Å². The van der Waals surface area contributed by atoms with Gasteiger partial charge in [0, 0.05) is 0 Å². The van der Waals surface area contributed by atoms with Gasteiger partial charge in [-0.15, -0.1) is 0 Å². The van der Waals surface area contributed by atoms with Crippen LogP contribution in [0.1, 0.15) is 0 Å². The van der Waals surface area contributed by atoms with E-state index >= 15 is 0 Å². The first-order valence-electron chi connectivity index (χ1n) is 2.72. The fourth-order valence-corrected chi connectivity index (χ4v) is 5.68. The molecule has 0 atom stereocenters. The summed E-state index contributed by atoms with van der Waals surface area (Å²) in [4.78, 5) is 2.41. The zero-order valence-corrected chi connectivity index (χ0v) is 8.94. The van der Waals surface area contributed by atoms with Crippen molar-refractivity contribution in [3.8, 4) is 0 Å². The van der Waals surface area contributed by atoms with Gasteiger partial charge in [-0.1, -0.05) is 0 Å². The van der Waals surface area contributed by atoms with E-state index in [-0.39, 0.29) is 0 Å². The number of halogens is 1. The zero-order chi connectivity index (χ0) is 6.04. The van der Waals surface area contributed by atoms with Crippen LogP contribution in [-0.2, 0) is 4.74 Å². The molecule has 0 N–H and O–H groups in total. The second-order valence-corrected chi connectivity index (χ2v) is 21.6. The van der Waals surface area contributed by atoms with E-state index < -0.39 is 16.0 Å². The van der Waals surface area contributed by atoms with Gasteiger partial charge in [0.2, 0.25) is 0 Å². The van der Waals surface area contributed by atoms with Crippen molar-refractivity contribution in [1.29, 1.82) is 0 Å². The van der Waals surface area contributed by atoms with E-state index in [0.29, 0.717) is 0 Å². The first-order chi connectivity index (χ1) is 3.71. The Morgan fingerprint density at radius 1 is 1.38 bits per heavy atom. The van der Waals surface area contributed by atoms with Crippen LogP contribution in [0.25, 0.3) is 0 Å². The molecule has 0 aromatic rings. The molecule has 50 valence electrons. The molecule has 1 nitrogen and oxygen atoms in total. The second-order valence-electron chi connectivity index (χ2n) is 2.17. The number of hydrogen-bond acceptors (Lipinski definition) is 1. The van der Waals surface area contributed by atoms with Gasteiger partial charge >= 0.3 is 60.6 Å². The monoisotopic (exact) mass is 296 g/mol. The van der Waals surface area contributed by atoms with Gasteiger partial charge in [0.25, 0.3) is 0 Å². The summed E-state index contributed by atoms with van der Waals surface area (Å²) in [6.45, 7) is 2.01. The Bertz CT molecular complexity index is 76.5. The third-order valence-electron chi connectivity index (χ3n) is 1.31. The molecule has 0 bridgehead atoms. The van der Waals surface area contributed by atoms with Crippen molar-refractivity contribution < 1.29 is 4.74 Å². The molecular weight excluding hydrogens is 284 g/mol. The Labute approximate surface area is 60.4 Å². The average molecular weight is 295 g/mol. The van der Waals surface area contributed by atoms with Crippen LogP contribution < -0.4 is 0 Å². The van der Waals surface area contributed by atoms with Crippen LogP contribution >= 0.6 is 12.8 Å². The van der Waals surface area contributed by atoms with Gasteiger partial charge in [-0.05, 0) is 0 Å². The van der Waals surface area contributed by atoms with Gasteiger partial charge in [-0.25, -0.2) is 0 Å². The summed E-state index contributed by atoms with van der Waals surface area (Å²) in [6.07, 6.45) is 0. The normalized spacial score (nSPS) is 31.8. The molecule has 1 saturated heterocycles. The van der Waals surface area contributed by atoms with Gasteiger partial charge in [0.05, 0.1) is 0 Å². The van der Waals surface area contributed by atoms with Crippen LogP contribution in [0.3, 0.4) is 0 Å². The molecule has 0 aliphatic carbocycles. The average Bonchev–Trinajstić information content (AvgIpc) is 1.65. The van der Waals surface area contributed by atoms with E-state index in [2.05, 4.69) is 17.7 Å². The molecule has 8 heavy (non-hydrogen) atoms. The Kier molecular flexibility index (Phi) is 2.64. The standard InChI is InChI=1S/C5H11BrOTe/c1-8(6)4-2-7-3-5-8/h2-5H2,1H3. The SMILES string of the molecule is C[Te]1(Br)CCOCC1. The van der Waals surface area contributed by atoms with Crippen molar-refractivity contribution in [3.63, 3.8) is 0 Å². The van der Waals surface area contributed by atoms with Crippen LogP contribution in [0.15, 0.2) is 0 Å². The van der Waals surface area contributed by atoms with E-state index in [9.17, 15) is 0 Å². The summed E-state index contributed by atoms with van der Waals surface area (Å²) < 4.78 is 7.89. The molecule has 1 heterocycles. The number of ether oxygens (including phenoxy) is 1. The quantitative estimate of drug-likeness (QED) is 0.621. The van der Waals surface area contributed by atoms with E-state index in [4.69, 9.17) is 4.74 Å². The topological polar surface area (TPSA) is 9.23 Å². The Balaban J connectivity index is 2.33. The van der Waals surface area contributed by atoms with Crippen LogP contribution in [0.2, 0.25) is 13.9 Å². The van der Waals surface area contributed by atoms with Crippen LogP contribution in [0.4, 0.5) is 0 Å². The third-order valence-corrected chi connectivity index (χ3v) is 11.5. The molecule has 0 aromatic heterocycles. The molecule has 0 saturated carbocycles. The summed E-state index contributed by atoms with van der Waals surface area (Å²) in [5, 5.41) is 0. The molecule has 0 radical (unpaired) electrons. The fourth-order valence-electron chi connectivity index (χ4n) is 0.669. The molecule has 3 heteroatoms. The van der Waals surface area contributed by atoms with Crippen LogP contribution in [0.5, 0.6) is 0 Å². The Morgan fingerprint density at radius 3 is 2.12 bits per heavy atom. The molecule has 1 aliphatic heterocycles. The van der Waals surface area contributed by atoms with Crippen LogP contribution in [-0.4, -0.2) is 29.2 Å². The third kappa shape index (κ3) is 2.22. The zero-order valence-electron chi connectivity index (χ0n) is 5.02. The predicted octanol–water partition coefficient (Wildman–Crippen LogP) is 1.99. The summed E-state index contributed by atoms with van der Waals surface area (Å²) >= 11 is 2.43. The molecule has 1 fully saturated rings. The molecular formula is C5H11BrOTe. The minimum atomic E-state index is -1.37. The van der Waals surface area contributed by atoms with E-state index in [0.717, 1.165) is 13.2 Å². The van der Waals surface area contributed by atoms with Crippen LogP contribution in [0, 0.1) is 0 Å². The first kappa shape index (κ1) is 7.34. The number of rotatable bonds is 0. The molecule has 0 amide bonds. The summed E-state index contributed by atoms with van der Waals surface area (Å²) in [7, 11) is 0. The Hall–Kier alpha value is 1.23. The van der Waals surface area contributed by atoms with Crippen molar-refractivity contribution in [2.75, 3.05) is 13.2 Å². The maximum atomic E-state index is 5.22. The van der Waals surface area contributed by atoms with Crippen molar-refractivity contribution >= 4 is 28.7 Å². The summed E-state index contributed by atoms with van der Waals surface area (Å²) in [6, 6.07) is 0. The Morgan fingerprint density at radius 2 is 1.88 bits per heavy atom. The van der Waals surface area contributed by atoms with Crippen molar-refractivity contribution in [2.45, 2.75) is 13.9 Å². The number of hydrogen-bond donors (Lipinski definition) is 0. The fraction of sp³-hybridized carbons (Fsp3) is 1.00. The molecule has 0 aromatic carbocycles. The first-order valence-corrected chi connectivity index (χ1v) is 13.6. The molecule has 1 aliphatic rings. The van der Waals surface area contributed by atoms with Gasteiger partial charge < -0.3 is 0 Å². The predicted molar refractivity (Wildman–Crippen MR) is 41.0 cm³/mol. The van der Waals surface area contributed by atoms with Crippen molar-refractivity contribution in [2.24, 2.45) is 0 Å². The van der Waals surface area contributed by atoms with E-state index in [1.165, 1.54) is 8.94 Å². The van der Waals surface area contributed by atoms with E-state index in [1.54, 1.807) is 0 Å². The van der Waals surface area contributed by atoms with Gasteiger partial charge in [0.1, 0.15) is 0 Å². The molecule has 0 spiro atoms.